The van der Waals surface area contributed by atoms with E-state index in [1.54, 1.807) is 0 Å². The van der Waals surface area contributed by atoms with E-state index in [1.807, 2.05) is 18.3 Å². The number of anilines is 1. The van der Waals surface area contributed by atoms with Gasteiger partial charge in [0, 0.05) is 30.1 Å². The van der Waals surface area contributed by atoms with Crippen LogP contribution in [0.15, 0.2) is 23.7 Å². The summed E-state index contributed by atoms with van der Waals surface area (Å²) in [4.78, 5) is 5.93. The smallest absolute Gasteiger partial charge is 0.203 e. The molecule has 0 aliphatic heterocycles. The van der Waals surface area contributed by atoms with Gasteiger partial charge in [-0.25, -0.2) is 4.98 Å². The van der Waals surface area contributed by atoms with Crippen LogP contribution in [-0.4, -0.2) is 16.1 Å². The summed E-state index contributed by atoms with van der Waals surface area (Å²) < 4.78 is 2.23. The Balaban J connectivity index is 2.15. The number of aryl methyl sites for hydroxylation is 1. The highest BCUT2D eigenvalue weighted by atomic mass is 32.1. The minimum atomic E-state index is 0.434. The molecule has 0 bridgehead atoms. The number of imidazole rings is 1. The molecule has 4 heteroatoms. The third kappa shape index (κ3) is 2.88. The number of aromatic nitrogens is 2. The van der Waals surface area contributed by atoms with Crippen LogP contribution in [0.3, 0.4) is 0 Å². The fraction of sp³-hybridized carbons (Fsp3) is 0.462. The van der Waals surface area contributed by atoms with Gasteiger partial charge >= 0.3 is 0 Å². The maximum Gasteiger partial charge on any atom is 0.203 e. The van der Waals surface area contributed by atoms with E-state index in [-0.39, 0.29) is 0 Å². The lowest BCUT2D eigenvalue weighted by molar-refractivity contribution is 0.553. The Labute approximate surface area is 107 Å². The van der Waals surface area contributed by atoms with Gasteiger partial charge in [0.05, 0.1) is 5.69 Å². The zero-order valence-electron chi connectivity index (χ0n) is 10.6. The topological polar surface area (TPSA) is 29.9 Å². The molecule has 0 aromatic carbocycles. The van der Waals surface area contributed by atoms with E-state index in [0.29, 0.717) is 6.04 Å². The van der Waals surface area contributed by atoms with E-state index in [1.165, 1.54) is 4.88 Å². The van der Waals surface area contributed by atoms with E-state index in [2.05, 4.69) is 52.4 Å². The van der Waals surface area contributed by atoms with Crippen molar-refractivity contribution in [3.63, 3.8) is 0 Å². The molecule has 0 aliphatic rings. The van der Waals surface area contributed by atoms with E-state index in [0.717, 1.165) is 24.6 Å². The average molecular weight is 249 g/mol. The lowest BCUT2D eigenvalue weighted by Crippen LogP contribution is -2.11. The van der Waals surface area contributed by atoms with E-state index in [9.17, 15) is 0 Å². The van der Waals surface area contributed by atoms with Gasteiger partial charge in [-0.1, -0.05) is 6.07 Å². The van der Waals surface area contributed by atoms with Crippen LogP contribution < -0.4 is 5.32 Å². The van der Waals surface area contributed by atoms with Crippen molar-refractivity contribution in [2.75, 3.05) is 11.9 Å². The maximum absolute atomic E-state index is 4.51. The van der Waals surface area contributed by atoms with Crippen molar-refractivity contribution < 1.29 is 0 Å². The van der Waals surface area contributed by atoms with E-state index >= 15 is 0 Å². The summed E-state index contributed by atoms with van der Waals surface area (Å²) in [6, 6.07) is 4.73. The van der Waals surface area contributed by atoms with Crippen LogP contribution in [0.25, 0.3) is 0 Å². The zero-order valence-corrected chi connectivity index (χ0v) is 11.4. The molecule has 0 radical (unpaired) electrons. The minimum absolute atomic E-state index is 0.434. The van der Waals surface area contributed by atoms with Crippen LogP contribution in [-0.2, 0) is 6.42 Å². The van der Waals surface area contributed by atoms with Gasteiger partial charge in [0.25, 0.3) is 0 Å². The molecule has 0 saturated heterocycles. The summed E-state index contributed by atoms with van der Waals surface area (Å²) in [5, 5.41) is 5.44. The normalized spacial score (nSPS) is 12.6. The van der Waals surface area contributed by atoms with Crippen molar-refractivity contribution in [2.45, 2.75) is 33.2 Å². The molecule has 2 aromatic heterocycles. The van der Waals surface area contributed by atoms with Gasteiger partial charge < -0.3 is 9.88 Å². The lowest BCUT2D eigenvalue weighted by atomic mass is 10.2. The average Bonchev–Trinajstić information content (AvgIpc) is 2.88. The molecule has 92 valence electrons. The molecule has 0 fully saturated rings. The molecule has 3 nitrogen and oxygen atoms in total. The molecule has 1 N–H and O–H groups in total. The summed E-state index contributed by atoms with van der Waals surface area (Å²) in [7, 11) is 0. The van der Waals surface area contributed by atoms with Gasteiger partial charge in [0.1, 0.15) is 0 Å². The third-order valence-corrected chi connectivity index (χ3v) is 3.64. The van der Waals surface area contributed by atoms with Crippen molar-refractivity contribution in [1.82, 2.24) is 9.55 Å². The monoisotopic (exact) mass is 249 g/mol. The highest BCUT2D eigenvalue weighted by Crippen LogP contribution is 2.22. The van der Waals surface area contributed by atoms with Gasteiger partial charge in [0.2, 0.25) is 5.95 Å². The number of hydrogen-bond acceptors (Lipinski definition) is 3. The molecule has 2 rings (SSSR count). The molecule has 2 aromatic rings. The standard InChI is InChI=1S/C13H19N3S/c1-4-14-13-15-10(2)9-16(13)11(3)8-12-6-5-7-17-12/h5-7,9,11H,4,8H2,1-3H3,(H,14,15). The highest BCUT2D eigenvalue weighted by molar-refractivity contribution is 7.09. The summed E-state index contributed by atoms with van der Waals surface area (Å²) >= 11 is 1.82. The predicted octanol–water partition coefficient (Wildman–Crippen LogP) is 3.49. The Hall–Kier alpha value is -1.29. The molecule has 0 aliphatic carbocycles. The number of nitrogens with one attached hydrogen (secondary N) is 1. The molecule has 0 spiro atoms. The summed E-state index contributed by atoms with van der Waals surface area (Å²) in [6.07, 6.45) is 3.18. The van der Waals surface area contributed by atoms with Crippen LogP contribution in [0.2, 0.25) is 0 Å². The first-order valence-corrected chi connectivity index (χ1v) is 6.90. The van der Waals surface area contributed by atoms with Gasteiger partial charge in [-0.2, -0.15) is 0 Å². The van der Waals surface area contributed by atoms with Gasteiger partial charge in [-0.15, -0.1) is 11.3 Å². The van der Waals surface area contributed by atoms with Crippen LogP contribution >= 0.6 is 11.3 Å². The van der Waals surface area contributed by atoms with Crippen molar-refractivity contribution in [3.05, 3.63) is 34.3 Å². The second-order valence-electron chi connectivity index (χ2n) is 4.28. The number of nitrogens with zero attached hydrogens (tertiary/aromatic N) is 2. The second-order valence-corrected chi connectivity index (χ2v) is 5.31. The molecular formula is C13H19N3S. The van der Waals surface area contributed by atoms with Crippen molar-refractivity contribution in [1.29, 1.82) is 0 Å². The highest BCUT2D eigenvalue weighted by Gasteiger charge is 2.12. The Bertz CT molecular complexity index is 459. The lowest BCUT2D eigenvalue weighted by Gasteiger charge is -2.15. The summed E-state index contributed by atoms with van der Waals surface area (Å²) in [6.45, 7) is 7.28. The van der Waals surface area contributed by atoms with Crippen LogP contribution in [0.5, 0.6) is 0 Å². The Morgan fingerprint density at radius 1 is 1.53 bits per heavy atom. The molecule has 1 atom stereocenters. The van der Waals surface area contributed by atoms with Crippen LogP contribution in [0, 0.1) is 6.92 Å². The predicted molar refractivity (Wildman–Crippen MR) is 73.9 cm³/mol. The summed E-state index contributed by atoms with van der Waals surface area (Å²) in [5.41, 5.74) is 1.07. The largest absolute Gasteiger partial charge is 0.356 e. The summed E-state index contributed by atoms with van der Waals surface area (Å²) in [5.74, 6) is 0.981. The zero-order chi connectivity index (χ0) is 12.3. The Morgan fingerprint density at radius 2 is 2.35 bits per heavy atom. The number of rotatable bonds is 5. The first-order chi connectivity index (χ1) is 8.20. The fourth-order valence-electron chi connectivity index (χ4n) is 1.96. The van der Waals surface area contributed by atoms with E-state index in [4.69, 9.17) is 0 Å². The number of hydrogen-bond donors (Lipinski definition) is 1. The maximum atomic E-state index is 4.51. The third-order valence-electron chi connectivity index (χ3n) is 2.74. The SMILES string of the molecule is CCNc1nc(C)cn1C(C)Cc1cccs1. The van der Waals surface area contributed by atoms with Gasteiger partial charge in [0.15, 0.2) is 0 Å². The molecule has 1 unspecified atom stereocenters. The molecule has 17 heavy (non-hydrogen) atoms. The Morgan fingerprint density at radius 3 is 3.00 bits per heavy atom. The quantitative estimate of drug-likeness (QED) is 0.879. The second kappa shape index (κ2) is 5.36. The number of thiophene rings is 1. The van der Waals surface area contributed by atoms with Gasteiger partial charge in [-0.3, -0.25) is 0 Å². The molecule has 0 saturated carbocycles. The van der Waals surface area contributed by atoms with Crippen molar-refractivity contribution >= 4 is 17.3 Å². The van der Waals surface area contributed by atoms with Crippen LogP contribution in [0.1, 0.15) is 30.5 Å². The fourth-order valence-corrected chi connectivity index (χ4v) is 2.79. The van der Waals surface area contributed by atoms with Crippen molar-refractivity contribution in [3.8, 4) is 0 Å². The van der Waals surface area contributed by atoms with Gasteiger partial charge in [-0.05, 0) is 32.2 Å². The molecular weight excluding hydrogens is 230 g/mol. The minimum Gasteiger partial charge on any atom is -0.356 e. The first kappa shape index (κ1) is 12.2. The Kier molecular flexibility index (Phi) is 3.84. The first-order valence-electron chi connectivity index (χ1n) is 6.02. The molecule has 0 amide bonds. The molecule has 2 heterocycles. The van der Waals surface area contributed by atoms with E-state index < -0.39 is 0 Å². The van der Waals surface area contributed by atoms with Crippen LogP contribution in [0.4, 0.5) is 5.95 Å². The van der Waals surface area contributed by atoms with Crippen molar-refractivity contribution in [2.24, 2.45) is 0 Å².